The Balaban J connectivity index is 2.33. The fourth-order valence-corrected chi connectivity index (χ4v) is 2.50. The zero-order valence-electron chi connectivity index (χ0n) is 10.00. The third-order valence-corrected chi connectivity index (χ3v) is 3.68. The van der Waals surface area contributed by atoms with Crippen molar-refractivity contribution in [1.82, 2.24) is 0 Å². The minimum absolute atomic E-state index is 0.187. The number of rotatable bonds is 4. The lowest BCUT2D eigenvalue weighted by Gasteiger charge is -2.08. The van der Waals surface area contributed by atoms with Gasteiger partial charge in [-0.2, -0.15) is 0 Å². The molecule has 0 aliphatic rings. The molecule has 2 aromatic rings. The summed E-state index contributed by atoms with van der Waals surface area (Å²) in [6.45, 7) is 0.318. The molecule has 1 nitrogen and oxygen atoms in total. The Bertz CT molecular complexity index is 564. The van der Waals surface area contributed by atoms with E-state index in [-0.39, 0.29) is 9.79 Å². The van der Waals surface area contributed by atoms with Crippen LogP contribution in [0.3, 0.4) is 0 Å². The van der Waals surface area contributed by atoms with E-state index in [2.05, 4.69) is 0 Å². The molecule has 100 valence electrons. The van der Waals surface area contributed by atoms with Crippen LogP contribution in [0.1, 0.15) is 5.56 Å². The lowest BCUT2D eigenvalue weighted by atomic mass is 10.1. The van der Waals surface area contributed by atoms with E-state index >= 15 is 0 Å². The number of nitrogens with two attached hydrogens (primary N) is 1. The maximum Gasteiger partial charge on any atom is 0.140 e. The summed E-state index contributed by atoms with van der Waals surface area (Å²) < 4.78 is 41.1. The molecule has 0 aromatic heterocycles. The third-order valence-electron chi connectivity index (χ3n) is 2.54. The second-order valence-electron chi connectivity index (χ2n) is 3.96. The van der Waals surface area contributed by atoms with Crippen LogP contribution in [-0.4, -0.2) is 6.54 Å². The smallest absolute Gasteiger partial charge is 0.140 e. The molecule has 0 unspecified atom stereocenters. The van der Waals surface area contributed by atoms with Crippen LogP contribution in [0.2, 0.25) is 0 Å². The number of benzene rings is 2. The highest BCUT2D eigenvalue weighted by Gasteiger charge is 2.14. The molecule has 19 heavy (non-hydrogen) atoms. The highest BCUT2D eigenvalue weighted by atomic mass is 32.2. The molecule has 5 heteroatoms. The minimum atomic E-state index is -0.697. The predicted molar refractivity (Wildman–Crippen MR) is 69.6 cm³/mol. The summed E-state index contributed by atoms with van der Waals surface area (Å²) in [5.74, 6) is -1.90. The highest BCUT2D eigenvalue weighted by Crippen LogP contribution is 2.34. The van der Waals surface area contributed by atoms with Gasteiger partial charge in [-0.25, -0.2) is 13.2 Å². The quantitative estimate of drug-likeness (QED) is 0.924. The van der Waals surface area contributed by atoms with Gasteiger partial charge >= 0.3 is 0 Å². The highest BCUT2D eigenvalue weighted by molar-refractivity contribution is 7.99. The summed E-state index contributed by atoms with van der Waals surface area (Å²) in [7, 11) is 0. The number of halogens is 3. The average Bonchev–Trinajstić information content (AvgIpc) is 2.36. The normalized spacial score (nSPS) is 10.7. The topological polar surface area (TPSA) is 26.0 Å². The van der Waals surface area contributed by atoms with E-state index in [0.29, 0.717) is 18.5 Å². The van der Waals surface area contributed by atoms with Crippen LogP contribution in [-0.2, 0) is 6.42 Å². The molecule has 0 spiro atoms. The van der Waals surface area contributed by atoms with Gasteiger partial charge in [0.25, 0.3) is 0 Å². The third kappa shape index (κ3) is 3.30. The van der Waals surface area contributed by atoms with Crippen LogP contribution < -0.4 is 5.73 Å². The fourth-order valence-electron chi connectivity index (χ4n) is 1.66. The van der Waals surface area contributed by atoms with E-state index in [4.69, 9.17) is 5.73 Å². The second-order valence-corrected chi connectivity index (χ2v) is 5.01. The number of hydrogen-bond donors (Lipinski definition) is 1. The first kappa shape index (κ1) is 14.0. The largest absolute Gasteiger partial charge is 0.330 e. The average molecular weight is 283 g/mol. The molecule has 2 aromatic carbocycles. The summed E-state index contributed by atoms with van der Waals surface area (Å²) in [6, 6.07) is 8.34. The SMILES string of the molecule is NCCc1cc(F)c(Sc2ccccc2F)c(F)c1. The van der Waals surface area contributed by atoms with Gasteiger partial charge in [-0.15, -0.1) is 0 Å². The predicted octanol–water partition coefficient (Wildman–Crippen LogP) is 3.76. The van der Waals surface area contributed by atoms with Crippen molar-refractivity contribution in [3.05, 3.63) is 59.4 Å². The molecule has 0 aliphatic heterocycles. The van der Waals surface area contributed by atoms with Crippen LogP contribution in [0.25, 0.3) is 0 Å². The molecule has 0 saturated heterocycles. The Labute approximate surface area is 113 Å². The van der Waals surface area contributed by atoms with Crippen LogP contribution in [0.5, 0.6) is 0 Å². The molecule has 0 aliphatic carbocycles. The molecule has 0 amide bonds. The Morgan fingerprint density at radius 2 is 1.58 bits per heavy atom. The van der Waals surface area contributed by atoms with Crippen molar-refractivity contribution in [2.75, 3.05) is 6.54 Å². The van der Waals surface area contributed by atoms with E-state index in [1.165, 1.54) is 30.3 Å². The zero-order valence-corrected chi connectivity index (χ0v) is 10.8. The van der Waals surface area contributed by atoms with Crippen molar-refractivity contribution in [3.63, 3.8) is 0 Å². The molecule has 2 rings (SSSR count). The van der Waals surface area contributed by atoms with Crippen molar-refractivity contribution in [3.8, 4) is 0 Å². The van der Waals surface area contributed by atoms with Gasteiger partial charge in [0.05, 0.1) is 4.90 Å². The van der Waals surface area contributed by atoms with Gasteiger partial charge < -0.3 is 5.73 Å². The first-order chi connectivity index (χ1) is 9.11. The van der Waals surface area contributed by atoms with Gasteiger partial charge in [0.2, 0.25) is 0 Å². The summed E-state index contributed by atoms with van der Waals surface area (Å²) in [5.41, 5.74) is 5.84. The lowest BCUT2D eigenvalue weighted by molar-refractivity contribution is 0.536. The maximum absolute atomic E-state index is 13.8. The summed E-state index contributed by atoms with van der Waals surface area (Å²) in [4.78, 5) is -0.0160. The molecule has 0 heterocycles. The zero-order chi connectivity index (χ0) is 13.8. The molecule has 0 bridgehead atoms. The van der Waals surface area contributed by atoms with E-state index < -0.39 is 17.5 Å². The molecular weight excluding hydrogens is 271 g/mol. The summed E-state index contributed by atoms with van der Waals surface area (Å²) in [6.07, 6.45) is 0.401. The first-order valence-corrected chi connectivity index (χ1v) is 6.54. The molecule has 0 saturated carbocycles. The lowest BCUT2D eigenvalue weighted by Crippen LogP contribution is -2.04. The van der Waals surface area contributed by atoms with Crippen molar-refractivity contribution >= 4 is 11.8 Å². The Hall–Kier alpha value is -1.46. The van der Waals surface area contributed by atoms with Crippen molar-refractivity contribution in [2.45, 2.75) is 16.2 Å². The summed E-state index contributed by atoms with van der Waals surface area (Å²) in [5, 5.41) is 0. The van der Waals surface area contributed by atoms with E-state index in [9.17, 15) is 13.2 Å². The van der Waals surface area contributed by atoms with Crippen LogP contribution in [0.15, 0.2) is 46.2 Å². The molecular formula is C14H12F3NS. The van der Waals surface area contributed by atoms with Crippen LogP contribution >= 0.6 is 11.8 Å². The van der Waals surface area contributed by atoms with Crippen molar-refractivity contribution in [1.29, 1.82) is 0 Å². The van der Waals surface area contributed by atoms with Crippen LogP contribution in [0.4, 0.5) is 13.2 Å². The molecule has 0 fully saturated rings. The fraction of sp³-hybridized carbons (Fsp3) is 0.143. The molecule has 0 atom stereocenters. The van der Waals surface area contributed by atoms with E-state index in [0.717, 1.165) is 11.8 Å². The Kier molecular flexibility index (Phi) is 4.50. The van der Waals surface area contributed by atoms with Gasteiger partial charge in [0.1, 0.15) is 17.5 Å². The van der Waals surface area contributed by atoms with Gasteiger partial charge in [-0.05, 0) is 42.8 Å². The standard InChI is InChI=1S/C14H12F3NS/c15-10-3-1-2-4-13(10)19-14-11(16)7-9(5-6-18)8-12(14)17/h1-4,7-8H,5-6,18H2. The van der Waals surface area contributed by atoms with Crippen molar-refractivity contribution in [2.24, 2.45) is 5.73 Å². The first-order valence-electron chi connectivity index (χ1n) is 5.72. The van der Waals surface area contributed by atoms with E-state index in [1.807, 2.05) is 0 Å². The minimum Gasteiger partial charge on any atom is -0.330 e. The monoisotopic (exact) mass is 283 g/mol. The molecule has 2 N–H and O–H groups in total. The Morgan fingerprint density at radius 3 is 2.16 bits per heavy atom. The second kappa shape index (κ2) is 6.12. The van der Waals surface area contributed by atoms with Gasteiger partial charge in [-0.1, -0.05) is 23.9 Å². The number of hydrogen-bond acceptors (Lipinski definition) is 2. The molecule has 0 radical (unpaired) electrons. The van der Waals surface area contributed by atoms with Gasteiger partial charge in [0, 0.05) is 4.90 Å². The van der Waals surface area contributed by atoms with Crippen molar-refractivity contribution < 1.29 is 13.2 Å². The maximum atomic E-state index is 13.8. The van der Waals surface area contributed by atoms with Gasteiger partial charge in [0.15, 0.2) is 0 Å². The van der Waals surface area contributed by atoms with Crippen LogP contribution in [0, 0.1) is 17.5 Å². The van der Waals surface area contributed by atoms with E-state index in [1.54, 1.807) is 6.07 Å². The summed E-state index contributed by atoms with van der Waals surface area (Å²) >= 11 is 0.738. The van der Waals surface area contributed by atoms with Gasteiger partial charge in [-0.3, -0.25) is 0 Å². The Morgan fingerprint density at radius 1 is 0.947 bits per heavy atom.